The quantitative estimate of drug-likeness (QED) is 0.214. The summed E-state index contributed by atoms with van der Waals surface area (Å²) in [6.45, 7) is 16.5. The Hall–Kier alpha value is -1.03. The minimum atomic E-state index is -2.64. The van der Waals surface area contributed by atoms with Crippen molar-refractivity contribution >= 4 is 28.1 Å². The summed E-state index contributed by atoms with van der Waals surface area (Å²) in [5, 5.41) is 0.0368. The molecular formula is C20H36F2O4Si2. The Morgan fingerprint density at radius 3 is 1.86 bits per heavy atom. The van der Waals surface area contributed by atoms with E-state index in [0.29, 0.717) is 5.57 Å². The predicted molar refractivity (Wildman–Crippen MR) is 113 cm³/mol. The minimum absolute atomic E-state index is 0.0368. The first-order valence-electron chi connectivity index (χ1n) is 10.1. The summed E-state index contributed by atoms with van der Waals surface area (Å²) in [5.74, 6) is -2.68. The first-order valence-corrected chi connectivity index (χ1v) is 17.0. The maximum absolute atomic E-state index is 14.2. The van der Waals surface area contributed by atoms with Gasteiger partial charge in [0.05, 0.1) is 21.3 Å². The Morgan fingerprint density at radius 1 is 1.07 bits per heavy atom. The van der Waals surface area contributed by atoms with Crippen LogP contribution in [-0.4, -0.2) is 47.7 Å². The van der Waals surface area contributed by atoms with Crippen LogP contribution in [0.25, 0.3) is 0 Å². The van der Waals surface area contributed by atoms with Gasteiger partial charge in [-0.15, -0.1) is 0 Å². The Kier molecular flexibility index (Phi) is 8.21. The van der Waals surface area contributed by atoms with Gasteiger partial charge < -0.3 is 9.47 Å². The summed E-state index contributed by atoms with van der Waals surface area (Å²) in [6, 6.07) is 0.945. The predicted octanol–water partition coefficient (Wildman–Crippen LogP) is 5.29. The van der Waals surface area contributed by atoms with Gasteiger partial charge in [0.2, 0.25) is 6.43 Å². The lowest BCUT2D eigenvalue weighted by molar-refractivity contribution is -0.168. The molecule has 4 nitrogen and oxygen atoms in total. The Balaban J connectivity index is 3.69. The smallest absolute Gasteiger partial charge is 0.327 e. The van der Waals surface area contributed by atoms with Gasteiger partial charge in [-0.2, -0.15) is 0 Å². The second kappa shape index (κ2) is 9.19. The number of halogens is 2. The molecular weight excluding hydrogens is 398 g/mol. The fourth-order valence-corrected chi connectivity index (χ4v) is 17.6. The van der Waals surface area contributed by atoms with Crippen LogP contribution in [0.15, 0.2) is 11.6 Å². The highest BCUT2D eigenvalue weighted by Crippen LogP contribution is 2.54. The van der Waals surface area contributed by atoms with E-state index in [1.165, 1.54) is 6.08 Å². The monoisotopic (exact) mass is 434 g/mol. The number of hydrogen-bond donors (Lipinski definition) is 0. The highest BCUT2D eigenvalue weighted by atomic mass is 28.4. The van der Waals surface area contributed by atoms with Gasteiger partial charge in [-0.05, 0) is 25.4 Å². The van der Waals surface area contributed by atoms with Crippen LogP contribution in [-0.2, 0) is 19.1 Å². The maximum Gasteiger partial charge on any atom is 0.327 e. The number of allylic oxidation sites excluding steroid dienone is 1. The van der Waals surface area contributed by atoms with Crippen LogP contribution >= 0.6 is 0 Å². The van der Waals surface area contributed by atoms with Gasteiger partial charge in [0, 0.05) is 14.0 Å². The van der Waals surface area contributed by atoms with Crippen molar-refractivity contribution in [3.8, 4) is 0 Å². The van der Waals surface area contributed by atoms with Crippen molar-refractivity contribution in [1.29, 1.82) is 0 Å². The van der Waals surface area contributed by atoms with Crippen molar-refractivity contribution in [3.63, 3.8) is 0 Å². The van der Waals surface area contributed by atoms with Crippen molar-refractivity contribution in [2.24, 2.45) is 11.3 Å². The van der Waals surface area contributed by atoms with Crippen LogP contribution in [0.3, 0.4) is 0 Å². The molecule has 1 rings (SSSR count). The van der Waals surface area contributed by atoms with E-state index in [4.69, 9.17) is 9.47 Å². The second-order valence-corrected chi connectivity index (χ2v) is 20.5. The molecule has 0 aromatic carbocycles. The Labute approximate surface area is 170 Å². The lowest BCUT2D eigenvalue weighted by atomic mass is 9.85. The molecule has 1 aliphatic carbocycles. The van der Waals surface area contributed by atoms with E-state index in [1.54, 1.807) is 13.8 Å². The summed E-state index contributed by atoms with van der Waals surface area (Å²) in [5.41, 5.74) is -1.17. The van der Waals surface area contributed by atoms with E-state index in [1.807, 2.05) is 0 Å². The number of carbonyl (C=O) groups excluding carboxylic acids is 2. The van der Waals surface area contributed by atoms with Crippen LogP contribution in [0.2, 0.25) is 43.9 Å². The molecule has 0 aromatic heterocycles. The molecule has 28 heavy (non-hydrogen) atoms. The van der Waals surface area contributed by atoms with Crippen molar-refractivity contribution < 1.29 is 27.8 Å². The first kappa shape index (κ1) is 25.0. The molecule has 1 aliphatic rings. The lowest BCUT2D eigenvalue weighted by Crippen LogP contribution is -2.47. The Bertz CT molecular complexity index is 594. The molecule has 0 radical (unpaired) electrons. The van der Waals surface area contributed by atoms with Crippen LogP contribution in [0.4, 0.5) is 8.78 Å². The third kappa shape index (κ3) is 4.93. The summed E-state index contributed by atoms with van der Waals surface area (Å²) < 4.78 is 38.6. The summed E-state index contributed by atoms with van der Waals surface area (Å²) in [7, 11) is -3.82. The zero-order chi connectivity index (χ0) is 21.9. The molecule has 0 aromatic rings. The molecule has 162 valence electrons. The summed E-state index contributed by atoms with van der Waals surface area (Å²) >= 11 is 0. The largest absolute Gasteiger partial charge is 0.465 e. The summed E-state index contributed by atoms with van der Waals surface area (Å²) in [6.07, 6.45) is -1.39. The number of rotatable bonds is 9. The molecule has 0 aliphatic heterocycles. The average molecular weight is 435 g/mol. The van der Waals surface area contributed by atoms with E-state index < -0.39 is 45.8 Å². The number of carbonyl (C=O) groups is 2. The van der Waals surface area contributed by atoms with Crippen molar-refractivity contribution in [3.05, 3.63) is 11.6 Å². The first-order chi connectivity index (χ1) is 12.8. The van der Waals surface area contributed by atoms with Crippen LogP contribution in [0, 0.1) is 11.3 Å². The highest BCUT2D eigenvalue weighted by Gasteiger charge is 2.58. The number of esters is 2. The molecule has 0 amide bonds. The standard InChI is InChI=1S/C20H36F2O4Si2/c1-9-25-18(23)20(19(24)26-10-2)12-14(16(21)22)15(13-20)17(27(4,5)6)28(7,8)11-3/h13-14,16-17H,9-12H2,1-8H3. The van der Waals surface area contributed by atoms with Gasteiger partial charge in [-0.1, -0.05) is 57.4 Å². The van der Waals surface area contributed by atoms with Crippen LogP contribution in [0.1, 0.15) is 27.2 Å². The molecule has 0 heterocycles. The van der Waals surface area contributed by atoms with Crippen molar-refractivity contribution in [2.45, 2.75) is 77.6 Å². The van der Waals surface area contributed by atoms with Gasteiger partial charge >= 0.3 is 11.9 Å². The maximum atomic E-state index is 14.2. The normalized spacial score (nSPS) is 20.7. The number of hydrogen-bond acceptors (Lipinski definition) is 4. The minimum Gasteiger partial charge on any atom is -0.465 e. The van der Waals surface area contributed by atoms with Gasteiger partial charge in [0.25, 0.3) is 0 Å². The van der Waals surface area contributed by atoms with Gasteiger partial charge in [0.1, 0.15) is 0 Å². The fraction of sp³-hybridized carbons (Fsp3) is 0.800. The third-order valence-electron chi connectivity index (χ3n) is 5.86. The zero-order valence-electron chi connectivity index (χ0n) is 18.5. The number of alkyl halides is 2. The van der Waals surface area contributed by atoms with E-state index >= 15 is 0 Å². The molecule has 0 fully saturated rings. The van der Waals surface area contributed by atoms with Gasteiger partial charge in [-0.25, -0.2) is 8.78 Å². The average Bonchev–Trinajstić information content (AvgIpc) is 2.95. The fourth-order valence-electron chi connectivity index (χ4n) is 4.66. The lowest BCUT2D eigenvalue weighted by Gasteiger charge is -2.43. The number of ether oxygens (including phenoxy) is 2. The summed E-state index contributed by atoms with van der Waals surface area (Å²) in [4.78, 5) is 25.6. The highest BCUT2D eigenvalue weighted by molar-refractivity contribution is 6.97. The molecule has 0 spiro atoms. The molecule has 0 N–H and O–H groups in total. The van der Waals surface area contributed by atoms with Crippen LogP contribution in [0.5, 0.6) is 0 Å². The van der Waals surface area contributed by atoms with Crippen LogP contribution < -0.4 is 0 Å². The van der Waals surface area contributed by atoms with E-state index in [0.717, 1.165) is 6.04 Å². The van der Waals surface area contributed by atoms with Crippen molar-refractivity contribution in [2.75, 3.05) is 13.2 Å². The third-order valence-corrected chi connectivity index (χ3v) is 16.6. The Morgan fingerprint density at radius 2 is 1.54 bits per heavy atom. The molecule has 0 bridgehead atoms. The molecule has 0 saturated heterocycles. The zero-order valence-corrected chi connectivity index (χ0v) is 20.5. The van der Waals surface area contributed by atoms with Gasteiger partial charge in [-0.3, -0.25) is 9.59 Å². The molecule has 2 atom stereocenters. The van der Waals surface area contributed by atoms with E-state index in [-0.39, 0.29) is 24.8 Å². The SMILES string of the molecule is CCOC(=O)C1(C(=O)OCC)C=C(C([Si](C)(C)C)[Si](C)(C)CC)C(C(F)F)C1. The van der Waals surface area contributed by atoms with E-state index in [9.17, 15) is 18.4 Å². The molecule has 8 heteroatoms. The second-order valence-electron chi connectivity index (χ2n) is 9.34. The van der Waals surface area contributed by atoms with E-state index in [2.05, 4.69) is 39.7 Å². The topological polar surface area (TPSA) is 52.6 Å². The molecule has 0 saturated carbocycles. The van der Waals surface area contributed by atoms with Crippen molar-refractivity contribution in [1.82, 2.24) is 0 Å². The van der Waals surface area contributed by atoms with Gasteiger partial charge in [0.15, 0.2) is 5.41 Å². The molecule has 2 unspecified atom stereocenters.